The lowest BCUT2D eigenvalue weighted by Gasteiger charge is -2.15. The smallest absolute Gasteiger partial charge is 0.0798 e. The van der Waals surface area contributed by atoms with E-state index in [1.807, 2.05) is 11.7 Å². The van der Waals surface area contributed by atoms with E-state index in [9.17, 15) is 0 Å². The third kappa shape index (κ3) is 3.59. The SMILES string of the molecule is Cc1ncsc1CN(C)Cc1cncc(Br)c1. The van der Waals surface area contributed by atoms with Crippen LogP contribution in [-0.2, 0) is 13.1 Å². The van der Waals surface area contributed by atoms with Crippen molar-refractivity contribution in [2.75, 3.05) is 7.05 Å². The molecule has 3 nitrogen and oxygen atoms in total. The Morgan fingerprint density at radius 2 is 2.18 bits per heavy atom. The number of rotatable bonds is 4. The van der Waals surface area contributed by atoms with Crippen molar-refractivity contribution in [1.82, 2.24) is 14.9 Å². The van der Waals surface area contributed by atoms with E-state index in [1.54, 1.807) is 17.5 Å². The van der Waals surface area contributed by atoms with Gasteiger partial charge in [-0.3, -0.25) is 9.88 Å². The number of halogens is 1. The highest BCUT2D eigenvalue weighted by molar-refractivity contribution is 9.10. The molecule has 0 aliphatic heterocycles. The van der Waals surface area contributed by atoms with Crippen molar-refractivity contribution < 1.29 is 0 Å². The van der Waals surface area contributed by atoms with Gasteiger partial charge in [-0.2, -0.15) is 0 Å². The van der Waals surface area contributed by atoms with Gasteiger partial charge in [-0.1, -0.05) is 0 Å². The van der Waals surface area contributed by atoms with Gasteiger partial charge in [0.25, 0.3) is 0 Å². The minimum Gasteiger partial charge on any atom is -0.297 e. The maximum absolute atomic E-state index is 4.26. The van der Waals surface area contributed by atoms with Gasteiger partial charge in [-0.25, -0.2) is 4.98 Å². The Morgan fingerprint density at radius 1 is 1.35 bits per heavy atom. The van der Waals surface area contributed by atoms with Crippen LogP contribution in [0.1, 0.15) is 16.1 Å². The summed E-state index contributed by atoms with van der Waals surface area (Å²) in [4.78, 5) is 12.0. The summed E-state index contributed by atoms with van der Waals surface area (Å²) in [5.74, 6) is 0. The highest BCUT2D eigenvalue weighted by Crippen LogP contribution is 2.16. The van der Waals surface area contributed by atoms with Crippen molar-refractivity contribution in [2.45, 2.75) is 20.0 Å². The van der Waals surface area contributed by atoms with Crippen molar-refractivity contribution >= 4 is 27.3 Å². The van der Waals surface area contributed by atoms with Gasteiger partial charge in [0.1, 0.15) is 0 Å². The Hall–Kier alpha value is -0.780. The molecule has 2 aromatic heterocycles. The molecule has 0 atom stereocenters. The molecule has 0 spiro atoms. The number of pyridine rings is 1. The normalized spacial score (nSPS) is 11.1. The molecule has 2 heterocycles. The van der Waals surface area contributed by atoms with E-state index in [2.05, 4.69) is 50.8 Å². The van der Waals surface area contributed by atoms with E-state index in [4.69, 9.17) is 0 Å². The molecule has 17 heavy (non-hydrogen) atoms. The topological polar surface area (TPSA) is 29.0 Å². The molecular formula is C12H14BrN3S. The van der Waals surface area contributed by atoms with Gasteiger partial charge in [0.05, 0.1) is 11.2 Å². The number of aromatic nitrogens is 2. The van der Waals surface area contributed by atoms with E-state index < -0.39 is 0 Å². The van der Waals surface area contributed by atoms with Gasteiger partial charge in [0.2, 0.25) is 0 Å². The van der Waals surface area contributed by atoms with E-state index in [0.29, 0.717) is 0 Å². The summed E-state index contributed by atoms with van der Waals surface area (Å²) in [6.07, 6.45) is 3.71. The molecule has 5 heteroatoms. The fourth-order valence-corrected chi connectivity index (χ4v) is 2.90. The molecule has 0 N–H and O–H groups in total. The van der Waals surface area contributed by atoms with Crippen LogP contribution in [0.2, 0.25) is 0 Å². The van der Waals surface area contributed by atoms with Crippen molar-refractivity contribution in [3.05, 3.63) is 44.6 Å². The van der Waals surface area contributed by atoms with Gasteiger partial charge in [0.15, 0.2) is 0 Å². The predicted octanol–water partition coefficient (Wildman–Crippen LogP) is 3.24. The Labute approximate surface area is 114 Å². The molecule has 0 radical (unpaired) electrons. The van der Waals surface area contributed by atoms with E-state index in [0.717, 1.165) is 23.3 Å². The molecule has 0 unspecified atom stereocenters. The second kappa shape index (κ2) is 5.71. The molecule has 0 fully saturated rings. The van der Waals surface area contributed by atoms with Crippen molar-refractivity contribution in [2.24, 2.45) is 0 Å². The van der Waals surface area contributed by atoms with Crippen LogP contribution in [0.5, 0.6) is 0 Å². The Kier molecular flexibility index (Phi) is 4.25. The van der Waals surface area contributed by atoms with Gasteiger partial charge in [0, 0.05) is 34.8 Å². The minimum atomic E-state index is 0.893. The van der Waals surface area contributed by atoms with Crippen LogP contribution in [0.15, 0.2) is 28.4 Å². The lowest BCUT2D eigenvalue weighted by molar-refractivity contribution is 0.320. The number of aryl methyl sites for hydroxylation is 1. The molecule has 0 aromatic carbocycles. The molecule has 0 bridgehead atoms. The molecule has 0 aliphatic carbocycles. The summed E-state index contributed by atoms with van der Waals surface area (Å²) in [5, 5.41) is 0. The number of nitrogens with zero attached hydrogens (tertiary/aromatic N) is 3. The third-order valence-electron chi connectivity index (χ3n) is 2.47. The molecule has 90 valence electrons. The summed E-state index contributed by atoms with van der Waals surface area (Å²) in [7, 11) is 2.11. The third-order valence-corrected chi connectivity index (χ3v) is 3.83. The standard InChI is InChI=1S/C12H14BrN3S/c1-9-12(17-8-15-9)7-16(2)6-10-3-11(13)5-14-4-10/h3-5,8H,6-7H2,1-2H3. The first kappa shape index (κ1) is 12.7. The Morgan fingerprint density at radius 3 is 2.82 bits per heavy atom. The number of thiazole rings is 1. The molecule has 0 saturated heterocycles. The van der Waals surface area contributed by atoms with Crippen LogP contribution in [0, 0.1) is 6.92 Å². The fourth-order valence-electron chi connectivity index (χ4n) is 1.63. The van der Waals surface area contributed by atoms with Crippen molar-refractivity contribution in [3.63, 3.8) is 0 Å². The zero-order valence-electron chi connectivity index (χ0n) is 9.85. The van der Waals surface area contributed by atoms with E-state index >= 15 is 0 Å². The van der Waals surface area contributed by atoms with E-state index in [1.165, 1.54) is 10.4 Å². The second-order valence-corrected chi connectivity index (χ2v) is 5.90. The minimum absolute atomic E-state index is 0.893. The molecule has 2 rings (SSSR count). The summed E-state index contributed by atoms with van der Waals surface area (Å²) in [5.41, 5.74) is 4.25. The number of hydrogen-bond donors (Lipinski definition) is 0. The van der Waals surface area contributed by atoms with Crippen molar-refractivity contribution in [1.29, 1.82) is 0 Å². The number of hydrogen-bond acceptors (Lipinski definition) is 4. The molecule has 0 amide bonds. The molecule has 0 aliphatic rings. The summed E-state index contributed by atoms with van der Waals surface area (Å²) in [6, 6.07) is 2.10. The monoisotopic (exact) mass is 311 g/mol. The van der Waals surface area contributed by atoms with Crippen LogP contribution >= 0.6 is 27.3 Å². The molecule has 2 aromatic rings. The Bertz CT molecular complexity index is 498. The first-order valence-electron chi connectivity index (χ1n) is 5.32. The maximum atomic E-state index is 4.26. The molecular weight excluding hydrogens is 298 g/mol. The fraction of sp³-hybridized carbons (Fsp3) is 0.333. The first-order valence-corrected chi connectivity index (χ1v) is 6.99. The zero-order valence-corrected chi connectivity index (χ0v) is 12.3. The Balaban J connectivity index is 1.98. The maximum Gasteiger partial charge on any atom is 0.0798 e. The quantitative estimate of drug-likeness (QED) is 0.868. The summed E-state index contributed by atoms with van der Waals surface area (Å²) < 4.78 is 1.03. The molecule has 0 saturated carbocycles. The largest absolute Gasteiger partial charge is 0.297 e. The van der Waals surface area contributed by atoms with Gasteiger partial charge < -0.3 is 0 Å². The lowest BCUT2D eigenvalue weighted by Crippen LogP contribution is -2.17. The average molecular weight is 312 g/mol. The first-order chi connectivity index (χ1) is 8.15. The zero-order chi connectivity index (χ0) is 12.3. The van der Waals surface area contributed by atoms with Gasteiger partial charge >= 0.3 is 0 Å². The second-order valence-electron chi connectivity index (χ2n) is 4.04. The average Bonchev–Trinajstić information content (AvgIpc) is 2.64. The van der Waals surface area contributed by atoms with Gasteiger partial charge in [-0.15, -0.1) is 11.3 Å². The van der Waals surface area contributed by atoms with E-state index in [-0.39, 0.29) is 0 Å². The van der Waals surface area contributed by atoms with Crippen LogP contribution in [-0.4, -0.2) is 21.9 Å². The van der Waals surface area contributed by atoms with Crippen LogP contribution in [0.25, 0.3) is 0 Å². The van der Waals surface area contributed by atoms with Crippen molar-refractivity contribution in [3.8, 4) is 0 Å². The summed E-state index contributed by atoms with van der Waals surface area (Å²) in [6.45, 7) is 3.88. The van der Waals surface area contributed by atoms with Crippen LogP contribution in [0.3, 0.4) is 0 Å². The van der Waals surface area contributed by atoms with Crippen LogP contribution in [0.4, 0.5) is 0 Å². The van der Waals surface area contributed by atoms with Crippen LogP contribution < -0.4 is 0 Å². The predicted molar refractivity (Wildman–Crippen MR) is 74.0 cm³/mol. The summed E-state index contributed by atoms with van der Waals surface area (Å²) >= 11 is 5.15. The van der Waals surface area contributed by atoms with Gasteiger partial charge in [-0.05, 0) is 41.5 Å². The lowest BCUT2D eigenvalue weighted by atomic mass is 10.2. The highest BCUT2D eigenvalue weighted by atomic mass is 79.9. The highest BCUT2D eigenvalue weighted by Gasteiger charge is 2.06.